The van der Waals surface area contributed by atoms with Crippen LogP contribution < -0.4 is 5.73 Å². The molecule has 0 amide bonds. The van der Waals surface area contributed by atoms with Crippen LogP contribution in [0.2, 0.25) is 0 Å². The van der Waals surface area contributed by atoms with Crippen molar-refractivity contribution in [2.75, 3.05) is 17.8 Å². The second-order valence-electron chi connectivity index (χ2n) is 2.22. The Hall–Kier alpha value is 0.650. The zero-order valence-electron chi connectivity index (χ0n) is 6.31. The molecule has 0 spiro atoms. The first-order chi connectivity index (χ1) is 4.91. The standard InChI is InChI=1S/C7H16INO/c8-7-10-6-4-2-1-3-5-9/h1-7,9H2. The van der Waals surface area contributed by atoms with Crippen molar-refractivity contribution in [2.24, 2.45) is 5.73 Å². The van der Waals surface area contributed by atoms with Gasteiger partial charge in [0, 0.05) is 6.61 Å². The van der Waals surface area contributed by atoms with Crippen molar-refractivity contribution < 1.29 is 4.74 Å². The minimum atomic E-state index is 0.814. The van der Waals surface area contributed by atoms with Crippen LogP contribution in [0, 0.1) is 0 Å². The predicted molar refractivity (Wildman–Crippen MR) is 52.4 cm³/mol. The van der Waals surface area contributed by atoms with Crippen molar-refractivity contribution in [1.29, 1.82) is 0 Å². The van der Waals surface area contributed by atoms with E-state index in [4.69, 9.17) is 10.5 Å². The lowest BCUT2D eigenvalue weighted by molar-refractivity contribution is 0.184. The van der Waals surface area contributed by atoms with Crippen molar-refractivity contribution in [3.63, 3.8) is 0 Å². The second-order valence-corrected chi connectivity index (χ2v) is 2.84. The highest BCUT2D eigenvalue weighted by Gasteiger charge is 1.87. The molecule has 0 fully saturated rings. The Morgan fingerprint density at radius 3 is 2.40 bits per heavy atom. The lowest BCUT2D eigenvalue weighted by Gasteiger charge is -1.98. The van der Waals surface area contributed by atoms with Gasteiger partial charge in [0.1, 0.15) is 0 Å². The smallest absolute Gasteiger partial charge is 0.0979 e. The van der Waals surface area contributed by atoms with Crippen molar-refractivity contribution >= 4 is 22.6 Å². The maximum Gasteiger partial charge on any atom is 0.0979 e. The molecule has 0 saturated heterocycles. The molecule has 0 unspecified atom stereocenters. The van der Waals surface area contributed by atoms with Crippen molar-refractivity contribution in [1.82, 2.24) is 0 Å². The lowest BCUT2D eigenvalue weighted by atomic mass is 10.2. The predicted octanol–water partition coefficient (Wildman–Crippen LogP) is 1.91. The van der Waals surface area contributed by atoms with Crippen LogP contribution in [0.3, 0.4) is 0 Å². The summed E-state index contributed by atoms with van der Waals surface area (Å²) in [5, 5.41) is 0. The van der Waals surface area contributed by atoms with E-state index in [1.165, 1.54) is 19.3 Å². The number of unbranched alkanes of at least 4 members (excludes halogenated alkanes) is 3. The van der Waals surface area contributed by atoms with Gasteiger partial charge in [-0.2, -0.15) is 0 Å². The topological polar surface area (TPSA) is 35.2 Å². The van der Waals surface area contributed by atoms with Crippen LogP contribution >= 0.6 is 22.6 Å². The van der Waals surface area contributed by atoms with Crippen LogP contribution in [-0.2, 0) is 4.74 Å². The van der Waals surface area contributed by atoms with Gasteiger partial charge in [0.25, 0.3) is 0 Å². The summed E-state index contributed by atoms with van der Waals surface area (Å²) in [4.78, 5) is 0. The molecule has 0 heterocycles. The van der Waals surface area contributed by atoms with Gasteiger partial charge in [0.15, 0.2) is 0 Å². The zero-order chi connectivity index (χ0) is 7.66. The van der Waals surface area contributed by atoms with Crippen molar-refractivity contribution in [3.05, 3.63) is 0 Å². The second kappa shape index (κ2) is 9.65. The van der Waals surface area contributed by atoms with Crippen LogP contribution in [0.15, 0.2) is 0 Å². The maximum atomic E-state index is 5.34. The largest absolute Gasteiger partial charge is 0.371 e. The molecule has 62 valence electrons. The average Bonchev–Trinajstić information content (AvgIpc) is 1.97. The van der Waals surface area contributed by atoms with E-state index in [0.29, 0.717) is 0 Å². The number of nitrogens with two attached hydrogens (primary N) is 1. The summed E-state index contributed by atoms with van der Waals surface area (Å²) in [7, 11) is 0. The molecular weight excluding hydrogens is 241 g/mol. The molecule has 0 aliphatic carbocycles. The number of halogens is 1. The SMILES string of the molecule is NCCCCCCOCI. The highest BCUT2D eigenvalue weighted by molar-refractivity contribution is 14.1. The number of hydrogen-bond acceptors (Lipinski definition) is 2. The molecule has 0 radical (unpaired) electrons. The van der Waals surface area contributed by atoms with E-state index in [2.05, 4.69) is 22.6 Å². The summed E-state index contributed by atoms with van der Waals surface area (Å²) in [6, 6.07) is 0. The Morgan fingerprint density at radius 2 is 1.80 bits per heavy atom. The van der Waals surface area contributed by atoms with Crippen LogP contribution in [0.5, 0.6) is 0 Å². The molecule has 0 atom stereocenters. The van der Waals surface area contributed by atoms with Gasteiger partial charge in [0.05, 0.1) is 4.61 Å². The first-order valence-electron chi connectivity index (χ1n) is 3.75. The molecule has 0 aliphatic rings. The first-order valence-corrected chi connectivity index (χ1v) is 5.28. The fourth-order valence-corrected chi connectivity index (χ4v) is 1.07. The Bertz CT molecular complexity index is 53.6. The molecule has 0 saturated carbocycles. The Labute approximate surface area is 76.6 Å². The first kappa shape index (κ1) is 10.7. The molecule has 0 aliphatic heterocycles. The Kier molecular flexibility index (Phi) is 10.3. The third kappa shape index (κ3) is 8.65. The molecule has 0 aromatic carbocycles. The number of alkyl halides is 1. The third-order valence-corrected chi connectivity index (χ3v) is 1.76. The van der Waals surface area contributed by atoms with Gasteiger partial charge in [-0.15, -0.1) is 0 Å². The van der Waals surface area contributed by atoms with Crippen molar-refractivity contribution in [2.45, 2.75) is 25.7 Å². The Balaban J connectivity index is 2.65. The molecule has 2 N–H and O–H groups in total. The maximum absolute atomic E-state index is 5.34. The Morgan fingerprint density at radius 1 is 1.10 bits per heavy atom. The molecular formula is C7H16INO. The minimum Gasteiger partial charge on any atom is -0.371 e. The van der Waals surface area contributed by atoms with Gasteiger partial charge in [-0.05, 0) is 19.4 Å². The summed E-state index contributed by atoms with van der Waals surface area (Å²) in [5.41, 5.74) is 5.34. The fraction of sp³-hybridized carbons (Fsp3) is 1.00. The van der Waals surface area contributed by atoms with E-state index in [9.17, 15) is 0 Å². The molecule has 0 bridgehead atoms. The van der Waals surface area contributed by atoms with Gasteiger partial charge < -0.3 is 10.5 Å². The van der Waals surface area contributed by atoms with E-state index < -0.39 is 0 Å². The van der Waals surface area contributed by atoms with Gasteiger partial charge in [0.2, 0.25) is 0 Å². The minimum absolute atomic E-state index is 0.814. The molecule has 0 rings (SSSR count). The quantitative estimate of drug-likeness (QED) is 0.429. The van der Waals surface area contributed by atoms with Crippen LogP contribution in [0.1, 0.15) is 25.7 Å². The van der Waals surface area contributed by atoms with E-state index in [1.54, 1.807) is 0 Å². The number of rotatable bonds is 7. The molecule has 0 aromatic rings. The zero-order valence-corrected chi connectivity index (χ0v) is 8.47. The van der Waals surface area contributed by atoms with Gasteiger partial charge in [-0.3, -0.25) is 0 Å². The number of hydrogen-bond donors (Lipinski definition) is 1. The monoisotopic (exact) mass is 257 g/mol. The summed E-state index contributed by atoms with van der Waals surface area (Å²) < 4.78 is 5.98. The fourth-order valence-electron chi connectivity index (χ4n) is 0.757. The third-order valence-electron chi connectivity index (χ3n) is 1.32. The highest BCUT2D eigenvalue weighted by atomic mass is 127. The van der Waals surface area contributed by atoms with Crippen LogP contribution in [0.4, 0.5) is 0 Å². The molecule has 3 heteroatoms. The summed E-state index contributed by atoms with van der Waals surface area (Å²) in [6.07, 6.45) is 4.85. The van der Waals surface area contributed by atoms with Gasteiger partial charge >= 0.3 is 0 Å². The van der Waals surface area contributed by atoms with Gasteiger partial charge in [-0.25, -0.2) is 0 Å². The summed E-state index contributed by atoms with van der Waals surface area (Å²) in [5.74, 6) is 0. The van der Waals surface area contributed by atoms with E-state index in [0.717, 1.165) is 24.2 Å². The average molecular weight is 257 g/mol. The van der Waals surface area contributed by atoms with Gasteiger partial charge in [-0.1, -0.05) is 35.4 Å². The molecule has 2 nitrogen and oxygen atoms in total. The van der Waals surface area contributed by atoms with Crippen LogP contribution in [-0.4, -0.2) is 17.8 Å². The lowest BCUT2D eigenvalue weighted by Crippen LogP contribution is -1.98. The highest BCUT2D eigenvalue weighted by Crippen LogP contribution is 1.99. The van der Waals surface area contributed by atoms with E-state index in [-0.39, 0.29) is 0 Å². The summed E-state index contributed by atoms with van der Waals surface area (Å²) >= 11 is 2.21. The van der Waals surface area contributed by atoms with Crippen LogP contribution in [0.25, 0.3) is 0 Å². The van der Waals surface area contributed by atoms with E-state index in [1.807, 2.05) is 0 Å². The molecule has 0 aromatic heterocycles. The summed E-state index contributed by atoms with van der Waals surface area (Å²) in [6.45, 7) is 1.74. The number of ether oxygens (including phenoxy) is 1. The van der Waals surface area contributed by atoms with E-state index >= 15 is 0 Å². The normalized spacial score (nSPS) is 10.2. The van der Waals surface area contributed by atoms with Crippen molar-refractivity contribution in [3.8, 4) is 0 Å². The molecule has 10 heavy (non-hydrogen) atoms.